The molecular weight excluding hydrogens is 214 g/mol. The molecule has 94 valence electrons. The SMILES string of the molecule is COc1ccc(NC2CCC(O)CC2)cc1C. The van der Waals surface area contributed by atoms with Gasteiger partial charge in [-0.3, -0.25) is 0 Å². The lowest BCUT2D eigenvalue weighted by Gasteiger charge is -2.27. The molecule has 0 bridgehead atoms. The van der Waals surface area contributed by atoms with Crippen molar-refractivity contribution in [3.63, 3.8) is 0 Å². The maximum absolute atomic E-state index is 9.46. The first-order valence-corrected chi connectivity index (χ1v) is 6.28. The highest BCUT2D eigenvalue weighted by atomic mass is 16.5. The van der Waals surface area contributed by atoms with Crippen LogP contribution >= 0.6 is 0 Å². The molecule has 0 unspecified atom stereocenters. The first-order chi connectivity index (χ1) is 8.19. The molecule has 0 aromatic heterocycles. The summed E-state index contributed by atoms with van der Waals surface area (Å²) >= 11 is 0. The van der Waals surface area contributed by atoms with Crippen LogP contribution in [-0.4, -0.2) is 24.4 Å². The number of rotatable bonds is 3. The van der Waals surface area contributed by atoms with Gasteiger partial charge >= 0.3 is 0 Å². The number of methoxy groups -OCH3 is 1. The maximum atomic E-state index is 9.46. The van der Waals surface area contributed by atoms with E-state index in [0.29, 0.717) is 6.04 Å². The highest BCUT2D eigenvalue weighted by Gasteiger charge is 2.19. The van der Waals surface area contributed by atoms with Crippen LogP contribution in [0.25, 0.3) is 0 Å². The van der Waals surface area contributed by atoms with Crippen LogP contribution in [0.1, 0.15) is 31.2 Å². The van der Waals surface area contributed by atoms with E-state index < -0.39 is 0 Å². The summed E-state index contributed by atoms with van der Waals surface area (Å²) in [5.41, 5.74) is 2.29. The second kappa shape index (κ2) is 5.41. The van der Waals surface area contributed by atoms with Gasteiger partial charge in [-0.2, -0.15) is 0 Å². The van der Waals surface area contributed by atoms with E-state index in [1.165, 1.54) is 0 Å². The molecule has 1 aromatic rings. The Kier molecular flexibility index (Phi) is 3.89. The number of benzene rings is 1. The van der Waals surface area contributed by atoms with Crippen LogP contribution in [0.15, 0.2) is 18.2 Å². The fourth-order valence-corrected chi connectivity index (χ4v) is 2.42. The van der Waals surface area contributed by atoms with Crippen LogP contribution in [0.3, 0.4) is 0 Å². The molecule has 1 aliphatic rings. The Bertz CT molecular complexity index is 370. The smallest absolute Gasteiger partial charge is 0.121 e. The van der Waals surface area contributed by atoms with Gasteiger partial charge in [0, 0.05) is 11.7 Å². The van der Waals surface area contributed by atoms with Crippen molar-refractivity contribution in [3.05, 3.63) is 23.8 Å². The van der Waals surface area contributed by atoms with Crippen LogP contribution in [0, 0.1) is 6.92 Å². The van der Waals surface area contributed by atoms with Crippen molar-refractivity contribution < 1.29 is 9.84 Å². The van der Waals surface area contributed by atoms with Crippen molar-refractivity contribution >= 4 is 5.69 Å². The van der Waals surface area contributed by atoms with Crippen LogP contribution in [-0.2, 0) is 0 Å². The third-order valence-electron chi connectivity index (χ3n) is 3.46. The number of nitrogens with one attached hydrogen (secondary N) is 1. The third kappa shape index (κ3) is 3.13. The third-order valence-corrected chi connectivity index (χ3v) is 3.46. The number of hydrogen-bond donors (Lipinski definition) is 2. The summed E-state index contributed by atoms with van der Waals surface area (Å²) in [6.45, 7) is 2.05. The molecule has 1 saturated carbocycles. The monoisotopic (exact) mass is 235 g/mol. The number of aliphatic hydroxyl groups is 1. The number of hydrogen-bond acceptors (Lipinski definition) is 3. The van der Waals surface area contributed by atoms with Crippen LogP contribution in [0.2, 0.25) is 0 Å². The zero-order valence-electron chi connectivity index (χ0n) is 10.6. The number of ether oxygens (including phenoxy) is 1. The van der Waals surface area contributed by atoms with E-state index in [4.69, 9.17) is 4.74 Å². The average Bonchev–Trinajstić information content (AvgIpc) is 2.32. The second-order valence-corrected chi connectivity index (χ2v) is 4.83. The predicted molar refractivity (Wildman–Crippen MR) is 69.6 cm³/mol. The van der Waals surface area contributed by atoms with Gasteiger partial charge in [-0.05, 0) is 56.4 Å². The lowest BCUT2D eigenvalue weighted by atomic mass is 9.93. The van der Waals surface area contributed by atoms with Gasteiger partial charge in [0.05, 0.1) is 13.2 Å². The van der Waals surface area contributed by atoms with Gasteiger partial charge in [-0.1, -0.05) is 0 Å². The Labute approximate surface area is 103 Å². The molecule has 2 rings (SSSR count). The summed E-state index contributed by atoms with van der Waals surface area (Å²) in [6, 6.07) is 6.65. The van der Waals surface area contributed by atoms with Crippen LogP contribution in [0.5, 0.6) is 5.75 Å². The van der Waals surface area contributed by atoms with Gasteiger partial charge in [0.1, 0.15) is 5.75 Å². The zero-order chi connectivity index (χ0) is 12.3. The van der Waals surface area contributed by atoms with Crippen molar-refractivity contribution in [1.29, 1.82) is 0 Å². The van der Waals surface area contributed by atoms with Gasteiger partial charge in [0.15, 0.2) is 0 Å². The van der Waals surface area contributed by atoms with Gasteiger partial charge in [-0.25, -0.2) is 0 Å². The summed E-state index contributed by atoms with van der Waals surface area (Å²) in [4.78, 5) is 0. The molecule has 17 heavy (non-hydrogen) atoms. The molecule has 0 atom stereocenters. The summed E-state index contributed by atoms with van der Waals surface area (Å²) in [5, 5.41) is 13.0. The standard InChI is InChI=1S/C14H21NO2/c1-10-9-12(5-8-14(10)17-2)15-11-3-6-13(16)7-4-11/h5,8-9,11,13,15-16H,3-4,6-7H2,1-2H3. The van der Waals surface area contributed by atoms with E-state index in [0.717, 1.165) is 42.7 Å². The minimum absolute atomic E-state index is 0.0920. The molecule has 3 nitrogen and oxygen atoms in total. The van der Waals surface area contributed by atoms with Crippen molar-refractivity contribution in [1.82, 2.24) is 0 Å². The van der Waals surface area contributed by atoms with E-state index in [1.807, 2.05) is 6.07 Å². The molecule has 0 amide bonds. The van der Waals surface area contributed by atoms with Gasteiger partial charge in [0.2, 0.25) is 0 Å². The topological polar surface area (TPSA) is 41.5 Å². The first kappa shape index (κ1) is 12.2. The fourth-order valence-electron chi connectivity index (χ4n) is 2.42. The van der Waals surface area contributed by atoms with Gasteiger partial charge < -0.3 is 15.2 Å². The van der Waals surface area contributed by atoms with E-state index in [9.17, 15) is 5.11 Å². The minimum Gasteiger partial charge on any atom is -0.496 e. The Morgan fingerprint density at radius 3 is 2.53 bits per heavy atom. The van der Waals surface area contributed by atoms with Gasteiger partial charge in [-0.15, -0.1) is 0 Å². The molecule has 2 N–H and O–H groups in total. The number of anilines is 1. The predicted octanol–water partition coefficient (Wildman–Crippen LogP) is 2.72. The minimum atomic E-state index is -0.0920. The van der Waals surface area contributed by atoms with Crippen LogP contribution in [0.4, 0.5) is 5.69 Å². The summed E-state index contributed by atoms with van der Waals surface area (Å²) in [6.07, 6.45) is 3.82. The molecule has 3 heteroatoms. The van der Waals surface area contributed by atoms with E-state index in [1.54, 1.807) is 7.11 Å². The highest BCUT2D eigenvalue weighted by Crippen LogP contribution is 2.25. The molecule has 0 spiro atoms. The average molecular weight is 235 g/mol. The molecule has 1 fully saturated rings. The maximum Gasteiger partial charge on any atom is 0.121 e. The molecular formula is C14H21NO2. The molecule has 0 saturated heterocycles. The second-order valence-electron chi connectivity index (χ2n) is 4.83. The first-order valence-electron chi connectivity index (χ1n) is 6.28. The molecule has 0 heterocycles. The summed E-state index contributed by atoms with van der Waals surface area (Å²) < 4.78 is 5.24. The van der Waals surface area contributed by atoms with E-state index >= 15 is 0 Å². The lowest BCUT2D eigenvalue weighted by molar-refractivity contribution is 0.126. The quantitative estimate of drug-likeness (QED) is 0.846. The summed E-state index contributed by atoms with van der Waals surface area (Å²) in [5.74, 6) is 0.926. The van der Waals surface area contributed by atoms with E-state index in [2.05, 4.69) is 24.4 Å². The molecule has 0 aliphatic heterocycles. The summed E-state index contributed by atoms with van der Waals surface area (Å²) in [7, 11) is 1.69. The Morgan fingerprint density at radius 1 is 1.24 bits per heavy atom. The molecule has 1 aliphatic carbocycles. The lowest BCUT2D eigenvalue weighted by Crippen LogP contribution is -2.28. The Balaban J connectivity index is 1.97. The molecule has 1 aromatic carbocycles. The normalized spacial score (nSPS) is 24.4. The Morgan fingerprint density at radius 2 is 1.94 bits per heavy atom. The Hall–Kier alpha value is -1.22. The van der Waals surface area contributed by atoms with Crippen molar-refractivity contribution in [2.45, 2.75) is 44.8 Å². The van der Waals surface area contributed by atoms with Crippen molar-refractivity contribution in [2.24, 2.45) is 0 Å². The van der Waals surface area contributed by atoms with Crippen molar-refractivity contribution in [3.8, 4) is 5.75 Å². The van der Waals surface area contributed by atoms with Crippen molar-refractivity contribution in [2.75, 3.05) is 12.4 Å². The molecule has 0 radical (unpaired) electrons. The van der Waals surface area contributed by atoms with E-state index in [-0.39, 0.29) is 6.10 Å². The number of aliphatic hydroxyl groups excluding tert-OH is 1. The zero-order valence-corrected chi connectivity index (χ0v) is 10.6. The highest BCUT2D eigenvalue weighted by molar-refractivity contribution is 5.51. The fraction of sp³-hybridized carbons (Fsp3) is 0.571. The number of aryl methyl sites for hydroxylation is 1. The van der Waals surface area contributed by atoms with Crippen LogP contribution < -0.4 is 10.1 Å². The largest absolute Gasteiger partial charge is 0.496 e. The van der Waals surface area contributed by atoms with Gasteiger partial charge in [0.25, 0.3) is 0 Å².